The number of primary amides is 1. The summed E-state index contributed by atoms with van der Waals surface area (Å²) in [5.74, 6) is -0.738. The molecular formula is C9H13F3N4O. The van der Waals surface area contributed by atoms with Crippen LogP contribution in [0.15, 0.2) is 6.20 Å². The van der Waals surface area contributed by atoms with E-state index in [0.29, 0.717) is 0 Å². The summed E-state index contributed by atoms with van der Waals surface area (Å²) in [5, 5.41) is 3.34. The number of nitrogens with two attached hydrogens (primary N) is 1. The van der Waals surface area contributed by atoms with Crippen LogP contribution in [-0.4, -0.2) is 34.7 Å². The number of aromatic nitrogens is 2. The second kappa shape index (κ2) is 4.74. The van der Waals surface area contributed by atoms with Crippen molar-refractivity contribution in [2.24, 2.45) is 5.73 Å². The Kier molecular flexibility index (Phi) is 3.76. The Bertz CT molecular complexity index is 411. The molecule has 0 spiro atoms. The fourth-order valence-corrected chi connectivity index (χ4v) is 1.40. The summed E-state index contributed by atoms with van der Waals surface area (Å²) in [6.07, 6.45) is -3.35. The number of hydrogen-bond acceptors (Lipinski definition) is 3. The molecule has 0 aliphatic carbocycles. The number of carbonyl (C=O) groups excluding carboxylic acids is 1. The van der Waals surface area contributed by atoms with E-state index in [1.54, 1.807) is 19.0 Å². The molecule has 0 saturated carbocycles. The summed E-state index contributed by atoms with van der Waals surface area (Å²) < 4.78 is 38.8. The Hall–Kier alpha value is -1.57. The van der Waals surface area contributed by atoms with Gasteiger partial charge in [0.15, 0.2) is 5.69 Å². The molecule has 2 N–H and O–H groups in total. The minimum absolute atomic E-state index is 0.0174. The summed E-state index contributed by atoms with van der Waals surface area (Å²) in [5.41, 5.74) is 3.94. The number of nitrogens with zero attached hydrogens (tertiary/aromatic N) is 3. The van der Waals surface area contributed by atoms with Gasteiger partial charge in [0, 0.05) is 18.3 Å². The van der Waals surface area contributed by atoms with Gasteiger partial charge in [-0.05, 0) is 14.1 Å². The fraction of sp³-hybridized carbons (Fsp3) is 0.556. The Balaban J connectivity index is 3.07. The van der Waals surface area contributed by atoms with Gasteiger partial charge in [0.2, 0.25) is 5.91 Å². The predicted molar refractivity (Wildman–Crippen MR) is 53.8 cm³/mol. The van der Waals surface area contributed by atoms with Gasteiger partial charge in [-0.25, -0.2) is 0 Å². The molecule has 1 rings (SSSR count). The van der Waals surface area contributed by atoms with Crippen LogP contribution >= 0.6 is 0 Å². The summed E-state index contributed by atoms with van der Waals surface area (Å²) in [6, 6.07) is 0. The van der Waals surface area contributed by atoms with Crippen LogP contribution in [0.2, 0.25) is 0 Å². The molecule has 0 saturated heterocycles. The first-order valence-electron chi connectivity index (χ1n) is 4.76. The minimum Gasteiger partial charge on any atom is -0.368 e. The van der Waals surface area contributed by atoms with Gasteiger partial charge in [0.25, 0.3) is 0 Å². The lowest BCUT2D eigenvalue weighted by Crippen LogP contribution is -2.19. The van der Waals surface area contributed by atoms with Crippen molar-refractivity contribution in [1.82, 2.24) is 14.7 Å². The number of alkyl halides is 3. The normalized spacial score (nSPS) is 12.1. The minimum atomic E-state index is -4.53. The van der Waals surface area contributed by atoms with Crippen LogP contribution in [-0.2, 0) is 24.1 Å². The molecule has 0 radical (unpaired) electrons. The highest BCUT2D eigenvalue weighted by Gasteiger charge is 2.37. The van der Waals surface area contributed by atoms with E-state index < -0.39 is 17.8 Å². The maximum atomic E-state index is 12.6. The van der Waals surface area contributed by atoms with Crippen LogP contribution in [0.25, 0.3) is 0 Å². The maximum Gasteiger partial charge on any atom is 0.435 e. The second-order valence-corrected chi connectivity index (χ2v) is 3.90. The molecule has 0 bridgehead atoms. The highest BCUT2D eigenvalue weighted by atomic mass is 19.4. The molecule has 0 aromatic carbocycles. The average molecular weight is 250 g/mol. The van der Waals surface area contributed by atoms with E-state index in [1.807, 2.05) is 0 Å². The molecule has 0 fully saturated rings. The summed E-state index contributed by atoms with van der Waals surface area (Å²) in [7, 11) is 3.29. The van der Waals surface area contributed by atoms with Crippen molar-refractivity contribution in [3.63, 3.8) is 0 Å². The molecule has 0 aliphatic rings. The van der Waals surface area contributed by atoms with E-state index in [1.165, 1.54) is 6.20 Å². The first-order chi connectivity index (χ1) is 7.70. The van der Waals surface area contributed by atoms with E-state index in [0.717, 1.165) is 4.68 Å². The van der Waals surface area contributed by atoms with Crippen LogP contribution in [0, 0.1) is 0 Å². The van der Waals surface area contributed by atoms with E-state index >= 15 is 0 Å². The number of amides is 1. The largest absolute Gasteiger partial charge is 0.435 e. The average Bonchev–Trinajstić information content (AvgIpc) is 2.44. The Morgan fingerprint density at radius 2 is 2.12 bits per heavy atom. The highest BCUT2D eigenvalue weighted by Crippen LogP contribution is 2.31. The highest BCUT2D eigenvalue weighted by molar-refractivity contribution is 5.73. The summed E-state index contributed by atoms with van der Waals surface area (Å²) >= 11 is 0. The lowest BCUT2D eigenvalue weighted by molar-refractivity contribution is -0.142. The Labute approximate surface area is 96.0 Å². The molecule has 0 unspecified atom stereocenters. The standard InChI is InChI=1S/C9H13F3N4O/c1-15(2)3-6-4-16(5-7(13)17)14-8(6)9(10,11)12/h4H,3,5H2,1-2H3,(H2,13,17). The lowest BCUT2D eigenvalue weighted by Gasteiger charge is -2.10. The number of rotatable bonds is 4. The Morgan fingerprint density at radius 1 is 1.53 bits per heavy atom. The van der Waals surface area contributed by atoms with Crippen molar-refractivity contribution in [3.8, 4) is 0 Å². The third-order valence-corrected chi connectivity index (χ3v) is 1.91. The van der Waals surface area contributed by atoms with Gasteiger partial charge in [-0.2, -0.15) is 18.3 Å². The number of hydrogen-bond donors (Lipinski definition) is 1. The smallest absolute Gasteiger partial charge is 0.368 e. The monoisotopic (exact) mass is 250 g/mol. The van der Waals surface area contributed by atoms with Gasteiger partial charge in [0.1, 0.15) is 6.54 Å². The first-order valence-corrected chi connectivity index (χ1v) is 4.76. The van der Waals surface area contributed by atoms with Crippen LogP contribution in [0.1, 0.15) is 11.3 Å². The van der Waals surface area contributed by atoms with Gasteiger partial charge in [-0.15, -0.1) is 0 Å². The van der Waals surface area contributed by atoms with E-state index in [9.17, 15) is 18.0 Å². The zero-order valence-corrected chi connectivity index (χ0v) is 9.45. The first kappa shape index (κ1) is 13.5. The number of halogens is 3. The van der Waals surface area contributed by atoms with Crippen LogP contribution in [0.4, 0.5) is 13.2 Å². The zero-order chi connectivity index (χ0) is 13.2. The molecule has 17 heavy (non-hydrogen) atoms. The van der Waals surface area contributed by atoms with Crippen molar-refractivity contribution in [1.29, 1.82) is 0 Å². The maximum absolute atomic E-state index is 12.6. The molecule has 0 aliphatic heterocycles. The van der Waals surface area contributed by atoms with Crippen molar-refractivity contribution in [3.05, 3.63) is 17.5 Å². The second-order valence-electron chi connectivity index (χ2n) is 3.90. The van der Waals surface area contributed by atoms with E-state index in [2.05, 4.69) is 5.10 Å². The fourth-order valence-electron chi connectivity index (χ4n) is 1.40. The topological polar surface area (TPSA) is 64.2 Å². The van der Waals surface area contributed by atoms with Crippen molar-refractivity contribution < 1.29 is 18.0 Å². The predicted octanol–water partition coefficient (Wildman–Crippen LogP) is 0.449. The van der Waals surface area contributed by atoms with Gasteiger partial charge >= 0.3 is 6.18 Å². The molecule has 5 nitrogen and oxygen atoms in total. The molecule has 8 heteroatoms. The van der Waals surface area contributed by atoms with E-state index in [4.69, 9.17) is 5.73 Å². The van der Waals surface area contributed by atoms with Crippen molar-refractivity contribution >= 4 is 5.91 Å². The van der Waals surface area contributed by atoms with Crippen LogP contribution < -0.4 is 5.73 Å². The molecule has 96 valence electrons. The van der Waals surface area contributed by atoms with Gasteiger partial charge in [-0.3, -0.25) is 9.48 Å². The third-order valence-electron chi connectivity index (χ3n) is 1.91. The van der Waals surface area contributed by atoms with Crippen molar-refractivity contribution in [2.45, 2.75) is 19.3 Å². The molecule has 1 heterocycles. The summed E-state index contributed by atoms with van der Waals surface area (Å²) in [6.45, 7) is -0.274. The third kappa shape index (κ3) is 3.74. The van der Waals surface area contributed by atoms with Gasteiger partial charge in [-0.1, -0.05) is 0 Å². The molecule has 1 aromatic heterocycles. The molecule has 1 amide bonds. The summed E-state index contributed by atoms with van der Waals surface area (Å²) in [4.78, 5) is 12.2. The van der Waals surface area contributed by atoms with Gasteiger partial charge in [0.05, 0.1) is 0 Å². The van der Waals surface area contributed by atoms with Crippen molar-refractivity contribution in [2.75, 3.05) is 14.1 Å². The van der Waals surface area contributed by atoms with Crippen LogP contribution in [0.5, 0.6) is 0 Å². The SMILES string of the molecule is CN(C)Cc1cn(CC(N)=O)nc1C(F)(F)F. The number of carbonyl (C=O) groups is 1. The lowest BCUT2D eigenvalue weighted by atomic mass is 10.2. The van der Waals surface area contributed by atoms with Crippen LogP contribution in [0.3, 0.4) is 0 Å². The van der Waals surface area contributed by atoms with Gasteiger partial charge < -0.3 is 10.6 Å². The molecule has 0 atom stereocenters. The van der Waals surface area contributed by atoms with E-state index in [-0.39, 0.29) is 18.7 Å². The zero-order valence-electron chi connectivity index (χ0n) is 9.45. The molecular weight excluding hydrogens is 237 g/mol. The molecule has 1 aromatic rings. The quantitative estimate of drug-likeness (QED) is 0.843. The Morgan fingerprint density at radius 3 is 2.53 bits per heavy atom.